The Labute approximate surface area is 124 Å². The van der Waals surface area contributed by atoms with Crippen LogP contribution in [0.1, 0.15) is 49.4 Å². The smallest absolute Gasteiger partial charge is 0.206 e. The van der Waals surface area contributed by atoms with Crippen molar-refractivity contribution in [2.24, 2.45) is 5.41 Å². The van der Waals surface area contributed by atoms with Gasteiger partial charge in [-0.05, 0) is 35.8 Å². The van der Waals surface area contributed by atoms with Crippen LogP contribution in [0.2, 0.25) is 0 Å². The molecule has 1 atom stereocenters. The van der Waals surface area contributed by atoms with Crippen LogP contribution >= 0.6 is 11.3 Å². The third-order valence-electron chi connectivity index (χ3n) is 4.22. The average molecular weight is 287 g/mol. The molecule has 0 spiro atoms. The lowest BCUT2D eigenvalue weighted by Gasteiger charge is -2.40. The molecule has 1 aromatic carbocycles. The van der Waals surface area contributed by atoms with Crippen LogP contribution in [0.15, 0.2) is 24.3 Å². The molecule has 0 fully saturated rings. The summed E-state index contributed by atoms with van der Waals surface area (Å²) >= 11 is 1.67. The van der Waals surface area contributed by atoms with Crippen molar-refractivity contribution >= 4 is 16.5 Å². The van der Waals surface area contributed by atoms with Gasteiger partial charge < -0.3 is 5.32 Å². The van der Waals surface area contributed by atoms with Gasteiger partial charge in [0.2, 0.25) is 5.13 Å². The second-order valence-corrected chi connectivity index (χ2v) is 7.18. The van der Waals surface area contributed by atoms with Crippen LogP contribution in [0.25, 0.3) is 0 Å². The highest BCUT2D eigenvalue weighted by molar-refractivity contribution is 7.15. The van der Waals surface area contributed by atoms with E-state index < -0.39 is 0 Å². The number of aromatic nitrogens is 2. The summed E-state index contributed by atoms with van der Waals surface area (Å²) in [6, 6.07) is 9.07. The predicted molar refractivity (Wildman–Crippen MR) is 84.2 cm³/mol. The molecule has 0 saturated heterocycles. The Bertz CT molecular complexity index is 603. The summed E-state index contributed by atoms with van der Waals surface area (Å²) in [6.07, 6.45) is 3.31. The molecule has 2 aromatic rings. The molecule has 1 unspecified atom stereocenters. The fourth-order valence-electron chi connectivity index (χ4n) is 2.92. The van der Waals surface area contributed by atoms with Crippen LogP contribution in [0.5, 0.6) is 0 Å². The second kappa shape index (κ2) is 5.17. The fraction of sp³-hybridized carbons (Fsp3) is 0.500. The SMILES string of the molecule is CCc1nnc(NC2c3ccccc3CCC2(C)C)s1. The zero-order chi connectivity index (χ0) is 14.2. The van der Waals surface area contributed by atoms with Crippen LogP contribution in [-0.2, 0) is 12.8 Å². The summed E-state index contributed by atoms with van der Waals surface area (Å²) in [7, 11) is 0. The number of nitrogens with zero attached hydrogens (tertiary/aromatic N) is 2. The first-order valence-electron chi connectivity index (χ1n) is 7.27. The number of rotatable bonds is 3. The predicted octanol–water partition coefficient (Wildman–Crippen LogP) is 4.23. The van der Waals surface area contributed by atoms with E-state index in [4.69, 9.17) is 0 Å². The third-order valence-corrected chi connectivity index (χ3v) is 5.22. The Hall–Kier alpha value is -1.42. The fourth-order valence-corrected chi connectivity index (χ4v) is 3.62. The van der Waals surface area contributed by atoms with Crippen LogP contribution in [-0.4, -0.2) is 10.2 Å². The van der Waals surface area contributed by atoms with Crippen molar-refractivity contribution in [3.63, 3.8) is 0 Å². The second-order valence-electron chi connectivity index (χ2n) is 6.12. The van der Waals surface area contributed by atoms with Gasteiger partial charge in [0, 0.05) is 0 Å². The largest absolute Gasteiger partial charge is 0.353 e. The minimum atomic E-state index is 0.229. The van der Waals surface area contributed by atoms with Gasteiger partial charge in [0.1, 0.15) is 5.01 Å². The molecule has 106 valence electrons. The standard InChI is InChI=1S/C16H21N3S/c1-4-13-18-19-15(20-13)17-14-12-8-6-5-7-11(12)9-10-16(14,2)3/h5-8,14H,4,9-10H2,1-3H3,(H,17,19). The van der Waals surface area contributed by atoms with E-state index in [2.05, 4.69) is 60.6 Å². The van der Waals surface area contributed by atoms with Crippen molar-refractivity contribution in [1.29, 1.82) is 0 Å². The van der Waals surface area contributed by atoms with Crippen molar-refractivity contribution < 1.29 is 0 Å². The maximum absolute atomic E-state index is 4.28. The highest BCUT2D eigenvalue weighted by Crippen LogP contribution is 2.45. The summed E-state index contributed by atoms with van der Waals surface area (Å²) < 4.78 is 0. The normalized spacial score (nSPS) is 20.4. The summed E-state index contributed by atoms with van der Waals surface area (Å²) in [6.45, 7) is 6.79. The first-order chi connectivity index (χ1) is 9.60. The topological polar surface area (TPSA) is 37.8 Å². The number of fused-ring (bicyclic) bond motifs is 1. The first kappa shape index (κ1) is 13.6. The summed E-state index contributed by atoms with van der Waals surface area (Å²) in [5.41, 5.74) is 3.11. The van der Waals surface area contributed by atoms with Gasteiger partial charge in [-0.1, -0.05) is 56.4 Å². The van der Waals surface area contributed by atoms with Crippen molar-refractivity contribution in [2.75, 3.05) is 5.32 Å². The zero-order valence-electron chi connectivity index (χ0n) is 12.3. The summed E-state index contributed by atoms with van der Waals surface area (Å²) in [5, 5.41) is 14.1. The highest BCUT2D eigenvalue weighted by atomic mass is 32.1. The van der Waals surface area contributed by atoms with Gasteiger partial charge in [-0.2, -0.15) is 0 Å². The van der Waals surface area contributed by atoms with E-state index in [0.29, 0.717) is 6.04 Å². The number of benzene rings is 1. The lowest BCUT2D eigenvalue weighted by atomic mass is 9.70. The maximum Gasteiger partial charge on any atom is 0.206 e. The summed E-state index contributed by atoms with van der Waals surface area (Å²) in [5.74, 6) is 0. The molecule has 1 N–H and O–H groups in total. The molecule has 1 heterocycles. The molecule has 1 aliphatic carbocycles. The lowest BCUT2D eigenvalue weighted by molar-refractivity contribution is 0.265. The molecule has 3 nitrogen and oxygen atoms in total. The van der Waals surface area contributed by atoms with E-state index in [-0.39, 0.29) is 5.41 Å². The Kier molecular flexibility index (Phi) is 3.50. The lowest BCUT2D eigenvalue weighted by Crippen LogP contribution is -2.33. The van der Waals surface area contributed by atoms with Crippen LogP contribution < -0.4 is 5.32 Å². The molecule has 0 saturated carbocycles. The average Bonchev–Trinajstić information content (AvgIpc) is 2.90. The van der Waals surface area contributed by atoms with E-state index in [1.54, 1.807) is 11.3 Å². The van der Waals surface area contributed by atoms with E-state index in [1.807, 2.05) is 0 Å². The first-order valence-corrected chi connectivity index (χ1v) is 8.08. The molecule has 4 heteroatoms. The molecule has 0 amide bonds. The quantitative estimate of drug-likeness (QED) is 0.918. The van der Waals surface area contributed by atoms with E-state index in [1.165, 1.54) is 17.5 Å². The van der Waals surface area contributed by atoms with E-state index in [0.717, 1.165) is 23.0 Å². The third kappa shape index (κ3) is 2.44. The zero-order valence-corrected chi connectivity index (χ0v) is 13.1. The van der Waals surface area contributed by atoms with Crippen LogP contribution in [0.4, 0.5) is 5.13 Å². The van der Waals surface area contributed by atoms with Gasteiger partial charge in [-0.15, -0.1) is 10.2 Å². The van der Waals surface area contributed by atoms with Gasteiger partial charge in [0.25, 0.3) is 0 Å². The van der Waals surface area contributed by atoms with Crippen molar-refractivity contribution in [3.8, 4) is 0 Å². The molecule has 0 aliphatic heterocycles. The number of aryl methyl sites for hydroxylation is 2. The van der Waals surface area contributed by atoms with Gasteiger partial charge in [-0.25, -0.2) is 0 Å². The molecule has 0 radical (unpaired) electrons. The van der Waals surface area contributed by atoms with Gasteiger partial charge in [-0.3, -0.25) is 0 Å². The molecule has 1 aliphatic rings. The molecular weight excluding hydrogens is 266 g/mol. The Balaban J connectivity index is 1.93. The van der Waals surface area contributed by atoms with Crippen LogP contribution in [0.3, 0.4) is 0 Å². The molecule has 3 rings (SSSR count). The Morgan fingerprint density at radius 1 is 1.30 bits per heavy atom. The Morgan fingerprint density at radius 2 is 2.10 bits per heavy atom. The van der Waals surface area contributed by atoms with Gasteiger partial charge >= 0.3 is 0 Å². The van der Waals surface area contributed by atoms with Crippen molar-refractivity contribution in [2.45, 2.75) is 46.1 Å². The van der Waals surface area contributed by atoms with Crippen molar-refractivity contribution in [3.05, 3.63) is 40.4 Å². The van der Waals surface area contributed by atoms with Gasteiger partial charge in [0.05, 0.1) is 6.04 Å². The molecule has 0 bridgehead atoms. The monoisotopic (exact) mass is 287 g/mol. The molecule has 20 heavy (non-hydrogen) atoms. The molecule has 1 aromatic heterocycles. The Morgan fingerprint density at radius 3 is 2.85 bits per heavy atom. The number of hydrogen-bond donors (Lipinski definition) is 1. The van der Waals surface area contributed by atoms with E-state index >= 15 is 0 Å². The van der Waals surface area contributed by atoms with Crippen LogP contribution in [0, 0.1) is 5.41 Å². The maximum atomic E-state index is 4.28. The highest BCUT2D eigenvalue weighted by Gasteiger charge is 2.36. The summed E-state index contributed by atoms with van der Waals surface area (Å²) in [4.78, 5) is 0. The minimum absolute atomic E-state index is 0.229. The van der Waals surface area contributed by atoms with Crippen molar-refractivity contribution in [1.82, 2.24) is 10.2 Å². The van der Waals surface area contributed by atoms with E-state index in [9.17, 15) is 0 Å². The number of nitrogens with one attached hydrogen (secondary N) is 1. The minimum Gasteiger partial charge on any atom is -0.353 e. The van der Waals surface area contributed by atoms with Gasteiger partial charge in [0.15, 0.2) is 0 Å². The molecular formula is C16H21N3S. The number of anilines is 1. The number of hydrogen-bond acceptors (Lipinski definition) is 4.